The van der Waals surface area contributed by atoms with Crippen LogP contribution < -0.4 is 10.2 Å². The van der Waals surface area contributed by atoms with E-state index in [1.54, 1.807) is 11.9 Å². The zero-order valence-corrected chi connectivity index (χ0v) is 10.7. The van der Waals surface area contributed by atoms with Gasteiger partial charge >= 0.3 is 0 Å². The van der Waals surface area contributed by atoms with Gasteiger partial charge in [-0.1, -0.05) is 0 Å². The number of nitro groups is 1. The predicted molar refractivity (Wildman–Crippen MR) is 65.8 cm³/mol. The molecule has 0 bridgehead atoms. The lowest BCUT2D eigenvalue weighted by Crippen LogP contribution is -2.56. The van der Waals surface area contributed by atoms with Crippen LogP contribution in [0.25, 0.3) is 0 Å². The minimum Gasteiger partial charge on any atom is -0.363 e. The summed E-state index contributed by atoms with van der Waals surface area (Å²) in [6, 6.07) is 2.61. The van der Waals surface area contributed by atoms with E-state index in [4.69, 9.17) is 0 Å². The first kappa shape index (κ1) is 12.3. The zero-order chi connectivity index (χ0) is 12.6. The molecule has 1 fully saturated rings. The summed E-state index contributed by atoms with van der Waals surface area (Å²) in [4.78, 5) is 12.1. The van der Waals surface area contributed by atoms with Crippen LogP contribution in [0.5, 0.6) is 0 Å². The lowest BCUT2D eigenvalue weighted by atomic mass is 10.1. The maximum atomic E-state index is 13.3. The summed E-state index contributed by atoms with van der Waals surface area (Å²) in [6.07, 6.45) is 0. The molecule has 1 aromatic rings. The van der Waals surface area contributed by atoms with E-state index in [1.165, 1.54) is 6.07 Å². The third-order valence-corrected chi connectivity index (χ3v) is 3.51. The molecule has 0 amide bonds. The number of halogens is 2. The molecule has 1 heterocycles. The molecular formula is C10H11BrFN3O2. The Labute approximate surface area is 106 Å². The lowest BCUT2D eigenvalue weighted by Gasteiger charge is -2.36. The number of hydrogen-bond acceptors (Lipinski definition) is 4. The number of hydrogen-bond donors (Lipinski definition) is 1. The van der Waals surface area contributed by atoms with Gasteiger partial charge in [0.25, 0.3) is 5.69 Å². The Morgan fingerprint density at radius 2 is 2.24 bits per heavy atom. The highest BCUT2D eigenvalue weighted by Gasteiger charge is 2.28. The van der Waals surface area contributed by atoms with Gasteiger partial charge in [-0.2, -0.15) is 0 Å². The van der Waals surface area contributed by atoms with Gasteiger partial charge in [0.05, 0.1) is 21.5 Å². The van der Waals surface area contributed by atoms with E-state index in [0.29, 0.717) is 5.69 Å². The summed E-state index contributed by atoms with van der Waals surface area (Å²) >= 11 is 3.05. The first-order valence-corrected chi connectivity index (χ1v) is 5.87. The van der Waals surface area contributed by atoms with E-state index in [-0.39, 0.29) is 16.2 Å². The summed E-state index contributed by atoms with van der Waals surface area (Å²) in [5, 5.41) is 14.0. The number of likely N-dealkylation sites (N-methyl/N-ethyl adjacent to an activating group) is 1. The van der Waals surface area contributed by atoms with Crippen molar-refractivity contribution in [2.24, 2.45) is 0 Å². The average molecular weight is 304 g/mol. The average Bonchev–Trinajstić information content (AvgIpc) is 2.18. The zero-order valence-electron chi connectivity index (χ0n) is 9.11. The molecule has 5 nitrogen and oxygen atoms in total. The van der Waals surface area contributed by atoms with Crippen LogP contribution >= 0.6 is 15.9 Å². The molecule has 2 rings (SSSR count). The second kappa shape index (κ2) is 4.58. The highest BCUT2D eigenvalue weighted by Crippen LogP contribution is 2.34. The van der Waals surface area contributed by atoms with Gasteiger partial charge < -0.3 is 10.2 Å². The van der Waals surface area contributed by atoms with Crippen molar-refractivity contribution in [3.8, 4) is 0 Å². The van der Waals surface area contributed by atoms with Crippen LogP contribution in [0.2, 0.25) is 0 Å². The van der Waals surface area contributed by atoms with Gasteiger partial charge in [0.1, 0.15) is 11.5 Å². The molecule has 0 aromatic heterocycles. The standard InChI is InChI=1S/C10H11BrFN3O2/c1-14(6-4-13-5-6)9-2-7(11)8(12)3-10(9)15(16)17/h2-3,6,13H,4-5H2,1H3. The first-order chi connectivity index (χ1) is 8.00. The number of rotatable bonds is 3. The molecule has 1 N–H and O–H groups in total. The van der Waals surface area contributed by atoms with Crippen molar-refractivity contribution in [2.45, 2.75) is 6.04 Å². The van der Waals surface area contributed by atoms with Gasteiger partial charge in [-0.05, 0) is 22.0 Å². The molecule has 0 unspecified atom stereocenters. The minimum absolute atomic E-state index is 0.208. The number of nitrogens with one attached hydrogen (secondary N) is 1. The molecule has 1 saturated heterocycles. The molecule has 1 aromatic carbocycles. The van der Waals surface area contributed by atoms with Crippen LogP contribution in [0.3, 0.4) is 0 Å². The van der Waals surface area contributed by atoms with E-state index < -0.39 is 10.7 Å². The van der Waals surface area contributed by atoms with Gasteiger partial charge in [-0.15, -0.1) is 0 Å². The summed E-state index contributed by atoms with van der Waals surface area (Å²) in [5.41, 5.74) is 0.217. The Morgan fingerprint density at radius 1 is 1.59 bits per heavy atom. The van der Waals surface area contributed by atoms with E-state index in [0.717, 1.165) is 19.2 Å². The number of nitrogens with zero attached hydrogens (tertiary/aromatic N) is 2. The molecule has 17 heavy (non-hydrogen) atoms. The molecule has 0 radical (unpaired) electrons. The maximum absolute atomic E-state index is 13.3. The molecular weight excluding hydrogens is 293 g/mol. The van der Waals surface area contributed by atoms with Crippen LogP contribution in [-0.2, 0) is 0 Å². The van der Waals surface area contributed by atoms with Crippen LogP contribution in [0.1, 0.15) is 0 Å². The summed E-state index contributed by atoms with van der Waals surface area (Å²) in [5.74, 6) is -0.624. The number of anilines is 1. The Hall–Kier alpha value is -1.21. The van der Waals surface area contributed by atoms with Crippen molar-refractivity contribution in [1.82, 2.24) is 5.32 Å². The molecule has 1 aliphatic heterocycles. The normalized spacial score (nSPS) is 15.5. The molecule has 0 aliphatic carbocycles. The van der Waals surface area contributed by atoms with E-state index in [2.05, 4.69) is 21.2 Å². The fourth-order valence-electron chi connectivity index (χ4n) is 1.70. The van der Waals surface area contributed by atoms with Crippen molar-refractivity contribution in [3.63, 3.8) is 0 Å². The number of nitro benzene ring substituents is 1. The van der Waals surface area contributed by atoms with E-state index in [1.807, 2.05) is 0 Å². The Morgan fingerprint density at radius 3 is 2.71 bits per heavy atom. The van der Waals surface area contributed by atoms with E-state index in [9.17, 15) is 14.5 Å². The van der Waals surface area contributed by atoms with Gasteiger partial charge in [-0.3, -0.25) is 10.1 Å². The van der Waals surface area contributed by atoms with Crippen LogP contribution in [0, 0.1) is 15.9 Å². The SMILES string of the molecule is CN(c1cc(Br)c(F)cc1[N+](=O)[O-])C1CNC1. The summed E-state index contributed by atoms with van der Waals surface area (Å²) in [6.45, 7) is 1.56. The van der Waals surface area contributed by atoms with Crippen molar-refractivity contribution in [1.29, 1.82) is 0 Å². The second-order valence-corrected chi connectivity index (χ2v) is 4.79. The van der Waals surface area contributed by atoms with E-state index >= 15 is 0 Å². The van der Waals surface area contributed by atoms with Crippen molar-refractivity contribution >= 4 is 27.3 Å². The summed E-state index contributed by atoms with van der Waals surface area (Å²) in [7, 11) is 1.78. The molecule has 92 valence electrons. The fourth-order valence-corrected chi connectivity index (χ4v) is 2.03. The number of benzene rings is 1. The molecule has 0 spiro atoms. The van der Waals surface area contributed by atoms with Gasteiger partial charge in [-0.25, -0.2) is 4.39 Å². The first-order valence-electron chi connectivity index (χ1n) is 5.07. The van der Waals surface area contributed by atoms with Crippen LogP contribution in [0.15, 0.2) is 16.6 Å². The monoisotopic (exact) mass is 303 g/mol. The second-order valence-electron chi connectivity index (χ2n) is 3.94. The van der Waals surface area contributed by atoms with Crippen molar-refractivity contribution in [2.75, 3.05) is 25.0 Å². The quantitative estimate of drug-likeness (QED) is 0.684. The van der Waals surface area contributed by atoms with Crippen LogP contribution in [-0.4, -0.2) is 31.1 Å². The summed E-state index contributed by atoms with van der Waals surface area (Å²) < 4.78 is 13.5. The van der Waals surface area contributed by atoms with Gasteiger partial charge in [0.2, 0.25) is 0 Å². The van der Waals surface area contributed by atoms with Crippen molar-refractivity contribution in [3.05, 3.63) is 32.5 Å². The maximum Gasteiger partial charge on any atom is 0.295 e. The Bertz CT molecular complexity index is 465. The van der Waals surface area contributed by atoms with Crippen molar-refractivity contribution < 1.29 is 9.31 Å². The lowest BCUT2D eigenvalue weighted by molar-refractivity contribution is -0.384. The highest BCUT2D eigenvalue weighted by molar-refractivity contribution is 9.10. The molecule has 0 atom stereocenters. The molecule has 7 heteroatoms. The predicted octanol–water partition coefficient (Wildman–Crippen LogP) is 1.90. The van der Waals surface area contributed by atoms with Crippen LogP contribution in [0.4, 0.5) is 15.8 Å². The third kappa shape index (κ3) is 2.25. The van der Waals surface area contributed by atoms with Gasteiger partial charge in [0, 0.05) is 20.1 Å². The topological polar surface area (TPSA) is 58.4 Å². The smallest absolute Gasteiger partial charge is 0.295 e. The minimum atomic E-state index is -0.624. The molecule has 0 saturated carbocycles. The third-order valence-electron chi connectivity index (χ3n) is 2.90. The highest BCUT2D eigenvalue weighted by atomic mass is 79.9. The Kier molecular flexibility index (Phi) is 3.30. The molecule has 1 aliphatic rings. The largest absolute Gasteiger partial charge is 0.363 e. The fraction of sp³-hybridized carbons (Fsp3) is 0.400. The van der Waals surface area contributed by atoms with Gasteiger partial charge in [0.15, 0.2) is 0 Å². The Balaban J connectivity index is 2.42.